The van der Waals surface area contributed by atoms with Crippen molar-refractivity contribution in [3.8, 4) is 5.75 Å². The van der Waals surface area contributed by atoms with Crippen LogP contribution in [0.3, 0.4) is 0 Å². The van der Waals surface area contributed by atoms with E-state index in [1.165, 1.54) is 48.3 Å². The summed E-state index contributed by atoms with van der Waals surface area (Å²) in [5.41, 5.74) is 3.83. The third-order valence-corrected chi connectivity index (χ3v) is 5.28. The van der Waals surface area contributed by atoms with E-state index in [4.69, 9.17) is 0 Å². The second-order valence-corrected chi connectivity index (χ2v) is 7.23. The van der Waals surface area contributed by atoms with Crippen LogP contribution < -0.4 is 0 Å². The minimum Gasteiger partial charge on any atom is -0.508 e. The second-order valence-electron chi connectivity index (χ2n) is 7.23. The van der Waals surface area contributed by atoms with Crippen LogP contribution in [0.5, 0.6) is 5.75 Å². The van der Waals surface area contributed by atoms with Gasteiger partial charge in [0.15, 0.2) is 0 Å². The molecule has 1 aliphatic heterocycles. The van der Waals surface area contributed by atoms with Crippen LogP contribution in [0.4, 0.5) is 0 Å². The summed E-state index contributed by atoms with van der Waals surface area (Å²) in [5.74, 6) is 0.962. The molecule has 0 saturated carbocycles. The van der Waals surface area contributed by atoms with E-state index in [0.29, 0.717) is 11.7 Å². The number of piperazine rings is 1. The molecule has 1 aromatic heterocycles. The lowest BCUT2D eigenvalue weighted by Crippen LogP contribution is -2.46. The van der Waals surface area contributed by atoms with E-state index in [-0.39, 0.29) is 0 Å². The lowest BCUT2D eigenvalue weighted by atomic mass is 10.1. The van der Waals surface area contributed by atoms with Gasteiger partial charge in [0.05, 0.1) is 0 Å². The van der Waals surface area contributed by atoms with Crippen LogP contribution in [-0.2, 0) is 6.54 Å². The number of benzene rings is 1. The minimum absolute atomic E-state index is 0.350. The van der Waals surface area contributed by atoms with Crippen LogP contribution in [0.25, 0.3) is 10.9 Å². The van der Waals surface area contributed by atoms with Gasteiger partial charge in [-0.15, -0.1) is 0 Å². The van der Waals surface area contributed by atoms with Gasteiger partial charge in [-0.2, -0.15) is 0 Å². The van der Waals surface area contributed by atoms with E-state index >= 15 is 0 Å². The molecule has 1 unspecified atom stereocenters. The number of phenolic OH excluding ortho intramolecular Hbond substituents is 1. The second kappa shape index (κ2) is 6.54. The maximum atomic E-state index is 9.75. The molecule has 4 nitrogen and oxygen atoms in total. The number of aromatic hydroxyl groups is 1. The Kier molecular flexibility index (Phi) is 4.64. The van der Waals surface area contributed by atoms with Crippen LogP contribution in [0.2, 0.25) is 0 Å². The van der Waals surface area contributed by atoms with Gasteiger partial charge < -0.3 is 19.5 Å². The first kappa shape index (κ1) is 16.3. The molecular formula is C19H29N3O. The average Bonchev–Trinajstić information content (AvgIpc) is 2.74. The lowest BCUT2D eigenvalue weighted by Gasteiger charge is -2.34. The first-order valence-corrected chi connectivity index (χ1v) is 8.65. The monoisotopic (exact) mass is 315 g/mol. The normalized spacial score (nSPS) is 18.6. The molecule has 1 aliphatic rings. The molecule has 0 bridgehead atoms. The zero-order valence-electron chi connectivity index (χ0n) is 14.8. The fraction of sp³-hybridized carbons (Fsp3) is 0.579. The van der Waals surface area contributed by atoms with E-state index in [1.54, 1.807) is 6.07 Å². The summed E-state index contributed by atoms with van der Waals surface area (Å²) < 4.78 is 2.42. The van der Waals surface area contributed by atoms with Gasteiger partial charge in [-0.1, -0.05) is 6.92 Å². The van der Waals surface area contributed by atoms with Gasteiger partial charge in [-0.05, 0) is 50.6 Å². The van der Waals surface area contributed by atoms with Crippen LogP contribution in [0.15, 0.2) is 18.2 Å². The van der Waals surface area contributed by atoms with Crippen molar-refractivity contribution in [3.05, 3.63) is 29.5 Å². The van der Waals surface area contributed by atoms with Crippen molar-refractivity contribution in [2.45, 2.75) is 27.3 Å². The Bertz CT molecular complexity index is 683. The van der Waals surface area contributed by atoms with Crippen molar-refractivity contribution >= 4 is 10.9 Å². The number of rotatable bonds is 4. The molecule has 3 rings (SSSR count). The molecule has 1 atom stereocenters. The Morgan fingerprint density at radius 2 is 1.78 bits per heavy atom. The topological polar surface area (TPSA) is 31.6 Å². The van der Waals surface area contributed by atoms with Gasteiger partial charge in [-0.3, -0.25) is 0 Å². The summed E-state index contributed by atoms with van der Waals surface area (Å²) in [5, 5.41) is 10.9. The molecule has 1 aromatic carbocycles. The molecule has 1 fully saturated rings. The minimum atomic E-state index is 0.350. The number of aryl methyl sites for hydroxylation is 1. The number of fused-ring (bicyclic) bond motifs is 1. The third-order valence-electron chi connectivity index (χ3n) is 5.28. The molecule has 4 heteroatoms. The Labute approximate surface area is 139 Å². The summed E-state index contributed by atoms with van der Waals surface area (Å²) in [7, 11) is 2.20. The Morgan fingerprint density at radius 1 is 1.09 bits per heavy atom. The fourth-order valence-corrected chi connectivity index (χ4v) is 3.71. The number of phenols is 1. The molecule has 23 heavy (non-hydrogen) atoms. The van der Waals surface area contributed by atoms with Crippen LogP contribution in [0.1, 0.15) is 18.2 Å². The molecule has 0 spiro atoms. The van der Waals surface area contributed by atoms with Crippen LogP contribution >= 0.6 is 0 Å². The summed E-state index contributed by atoms with van der Waals surface area (Å²) in [6, 6.07) is 5.73. The first-order valence-electron chi connectivity index (χ1n) is 8.65. The summed E-state index contributed by atoms with van der Waals surface area (Å²) >= 11 is 0. The third kappa shape index (κ3) is 3.38. The Balaban J connectivity index is 1.74. The maximum Gasteiger partial charge on any atom is 0.116 e. The van der Waals surface area contributed by atoms with Gasteiger partial charge in [0.25, 0.3) is 0 Å². The van der Waals surface area contributed by atoms with Crippen molar-refractivity contribution in [1.82, 2.24) is 14.4 Å². The summed E-state index contributed by atoms with van der Waals surface area (Å²) in [6.45, 7) is 13.6. The molecule has 0 aliphatic carbocycles. The maximum absolute atomic E-state index is 9.75. The Morgan fingerprint density at radius 3 is 2.48 bits per heavy atom. The number of likely N-dealkylation sites (N-methyl/N-ethyl adjacent to an activating group) is 1. The van der Waals surface area contributed by atoms with Crippen molar-refractivity contribution < 1.29 is 5.11 Å². The lowest BCUT2D eigenvalue weighted by molar-refractivity contribution is 0.135. The van der Waals surface area contributed by atoms with E-state index in [0.717, 1.165) is 13.1 Å². The molecule has 1 saturated heterocycles. The number of nitrogens with zero attached hydrogens (tertiary/aromatic N) is 3. The quantitative estimate of drug-likeness (QED) is 0.941. The van der Waals surface area contributed by atoms with Crippen LogP contribution in [-0.4, -0.2) is 59.2 Å². The largest absolute Gasteiger partial charge is 0.508 e. The SMILES string of the molecule is Cc1c(C)n(CC(C)CN2CCN(C)CC2)c2ccc(O)cc12. The van der Waals surface area contributed by atoms with Gasteiger partial charge in [0.2, 0.25) is 0 Å². The zero-order chi connectivity index (χ0) is 16.6. The van der Waals surface area contributed by atoms with E-state index in [1.807, 2.05) is 12.1 Å². The molecule has 2 aromatic rings. The van der Waals surface area contributed by atoms with Crippen molar-refractivity contribution in [3.63, 3.8) is 0 Å². The molecule has 2 heterocycles. The number of hydrogen-bond acceptors (Lipinski definition) is 3. The molecule has 0 amide bonds. The van der Waals surface area contributed by atoms with Crippen molar-refractivity contribution in [1.29, 1.82) is 0 Å². The smallest absolute Gasteiger partial charge is 0.116 e. The van der Waals surface area contributed by atoms with Crippen molar-refractivity contribution in [2.24, 2.45) is 5.92 Å². The Hall–Kier alpha value is -1.52. The average molecular weight is 315 g/mol. The van der Waals surface area contributed by atoms with E-state index < -0.39 is 0 Å². The molecule has 1 N–H and O–H groups in total. The number of aromatic nitrogens is 1. The highest BCUT2D eigenvalue weighted by molar-refractivity contribution is 5.86. The van der Waals surface area contributed by atoms with Gasteiger partial charge in [0.1, 0.15) is 5.75 Å². The van der Waals surface area contributed by atoms with Crippen LogP contribution in [0, 0.1) is 19.8 Å². The molecule has 0 radical (unpaired) electrons. The predicted molar refractivity (Wildman–Crippen MR) is 96.2 cm³/mol. The van der Waals surface area contributed by atoms with E-state index in [2.05, 4.69) is 42.2 Å². The zero-order valence-corrected chi connectivity index (χ0v) is 14.8. The summed E-state index contributed by atoms with van der Waals surface area (Å²) in [6.07, 6.45) is 0. The van der Waals surface area contributed by atoms with Gasteiger partial charge >= 0.3 is 0 Å². The highest BCUT2D eigenvalue weighted by Gasteiger charge is 2.18. The highest BCUT2D eigenvalue weighted by Crippen LogP contribution is 2.29. The molecular weight excluding hydrogens is 286 g/mol. The van der Waals surface area contributed by atoms with E-state index in [9.17, 15) is 5.11 Å². The van der Waals surface area contributed by atoms with Gasteiger partial charge in [0, 0.05) is 55.9 Å². The highest BCUT2D eigenvalue weighted by atomic mass is 16.3. The first-order chi connectivity index (χ1) is 11.0. The predicted octanol–water partition coefficient (Wildman–Crippen LogP) is 2.85. The molecule has 126 valence electrons. The van der Waals surface area contributed by atoms with Gasteiger partial charge in [-0.25, -0.2) is 0 Å². The number of hydrogen-bond donors (Lipinski definition) is 1. The van der Waals surface area contributed by atoms with Crippen molar-refractivity contribution in [2.75, 3.05) is 39.8 Å². The standard InChI is InChI=1S/C19H29N3O/c1-14(12-21-9-7-20(4)8-10-21)13-22-16(3)15(2)18-11-17(23)5-6-19(18)22/h5-6,11,14,23H,7-10,12-13H2,1-4H3. The fourth-order valence-electron chi connectivity index (χ4n) is 3.71. The summed E-state index contributed by atoms with van der Waals surface area (Å²) in [4.78, 5) is 4.99.